The maximum Gasteiger partial charge on any atom is 0.164 e. The highest BCUT2D eigenvalue weighted by Gasteiger charge is 2.18. The fraction of sp³-hybridized carbons (Fsp3) is 0. The van der Waals surface area contributed by atoms with Crippen LogP contribution in [0.3, 0.4) is 0 Å². The van der Waals surface area contributed by atoms with Gasteiger partial charge in [0, 0.05) is 47.6 Å². The van der Waals surface area contributed by atoms with Crippen LogP contribution < -0.4 is 0 Å². The molecule has 0 aliphatic carbocycles. The predicted octanol–water partition coefficient (Wildman–Crippen LogP) is 10.3. The highest BCUT2D eigenvalue weighted by molar-refractivity contribution is 7.26. The summed E-state index contributed by atoms with van der Waals surface area (Å²) in [7, 11) is 0. The third-order valence-corrected chi connectivity index (χ3v) is 9.14. The van der Waals surface area contributed by atoms with Gasteiger partial charge in [-0.1, -0.05) is 103 Å². The van der Waals surface area contributed by atoms with Gasteiger partial charge in [0.15, 0.2) is 17.5 Å². The van der Waals surface area contributed by atoms with E-state index in [9.17, 15) is 0 Å². The van der Waals surface area contributed by atoms with Crippen LogP contribution in [0.15, 0.2) is 132 Å². The highest BCUT2D eigenvalue weighted by Crippen LogP contribution is 2.42. The normalized spacial score (nSPS) is 11.8. The van der Waals surface area contributed by atoms with E-state index in [1.807, 2.05) is 65.9 Å². The molecule has 0 aliphatic rings. The number of furan rings is 1. The molecule has 0 N–H and O–H groups in total. The monoisotopic (exact) mass is 555 g/mol. The molecular formula is C37H21N3OS. The third kappa shape index (κ3) is 3.57. The maximum atomic E-state index is 6.21. The van der Waals surface area contributed by atoms with Crippen molar-refractivity contribution in [1.29, 1.82) is 0 Å². The Balaban J connectivity index is 1.30. The molecule has 5 heteroatoms. The van der Waals surface area contributed by atoms with Gasteiger partial charge in [0.05, 0.1) is 0 Å². The number of benzene rings is 6. The second kappa shape index (κ2) is 9.06. The largest absolute Gasteiger partial charge is 0.456 e. The van der Waals surface area contributed by atoms with Gasteiger partial charge >= 0.3 is 0 Å². The molecule has 0 saturated carbocycles. The topological polar surface area (TPSA) is 51.8 Å². The molecule has 4 nitrogen and oxygen atoms in total. The van der Waals surface area contributed by atoms with Crippen LogP contribution in [-0.2, 0) is 0 Å². The van der Waals surface area contributed by atoms with Crippen molar-refractivity contribution >= 4 is 64.2 Å². The van der Waals surface area contributed by atoms with Gasteiger partial charge in [0.25, 0.3) is 0 Å². The molecule has 0 amide bonds. The molecule has 196 valence electrons. The molecule has 0 radical (unpaired) electrons. The van der Waals surface area contributed by atoms with Crippen LogP contribution in [0.4, 0.5) is 0 Å². The van der Waals surface area contributed by atoms with Gasteiger partial charge in [-0.25, -0.2) is 15.0 Å². The molecule has 6 aromatic carbocycles. The molecule has 9 rings (SSSR count). The minimum Gasteiger partial charge on any atom is -0.456 e. The Morgan fingerprint density at radius 3 is 2.10 bits per heavy atom. The summed E-state index contributed by atoms with van der Waals surface area (Å²) in [5.74, 6) is 1.91. The van der Waals surface area contributed by atoms with Crippen LogP contribution in [0.25, 0.3) is 87.0 Å². The number of para-hydroxylation sites is 1. The van der Waals surface area contributed by atoms with Crippen LogP contribution in [-0.4, -0.2) is 15.0 Å². The minimum absolute atomic E-state index is 0.614. The van der Waals surface area contributed by atoms with Gasteiger partial charge in [-0.05, 0) is 35.0 Å². The highest BCUT2D eigenvalue weighted by atomic mass is 32.1. The van der Waals surface area contributed by atoms with E-state index >= 15 is 0 Å². The first-order valence-corrected chi connectivity index (χ1v) is 14.7. The van der Waals surface area contributed by atoms with Crippen LogP contribution in [0.5, 0.6) is 0 Å². The van der Waals surface area contributed by atoms with Crippen LogP contribution >= 0.6 is 11.3 Å². The number of thiophene rings is 1. The van der Waals surface area contributed by atoms with Gasteiger partial charge in [0.2, 0.25) is 0 Å². The van der Waals surface area contributed by atoms with Crippen molar-refractivity contribution in [3.05, 3.63) is 127 Å². The Morgan fingerprint density at radius 1 is 0.476 bits per heavy atom. The lowest BCUT2D eigenvalue weighted by atomic mass is 10.0. The summed E-state index contributed by atoms with van der Waals surface area (Å²) >= 11 is 1.82. The Bertz CT molecular complexity index is 2480. The Labute approximate surface area is 244 Å². The van der Waals surface area contributed by atoms with E-state index < -0.39 is 0 Å². The first-order valence-electron chi connectivity index (χ1n) is 13.9. The number of rotatable bonds is 3. The molecule has 3 heterocycles. The molecule has 0 bridgehead atoms. The average Bonchev–Trinajstić information content (AvgIpc) is 3.63. The standard InChI is InChI=1S/C37H21N3OS/c1-2-10-23(11-3-1)35-38-36(24-18-19-27-26-13-6-7-15-30(26)41-31(27)21-24)40-37(39-35)29-14-8-16-32-33(29)28-20-17-22-9-4-5-12-25(22)34(28)42-32/h1-21H. The van der Waals surface area contributed by atoms with E-state index in [1.165, 1.54) is 30.9 Å². The van der Waals surface area contributed by atoms with E-state index in [0.29, 0.717) is 17.5 Å². The molecular weight excluding hydrogens is 534 g/mol. The molecule has 0 fully saturated rings. The third-order valence-electron chi connectivity index (χ3n) is 7.93. The zero-order valence-electron chi connectivity index (χ0n) is 22.3. The van der Waals surface area contributed by atoms with Gasteiger partial charge in [-0.15, -0.1) is 11.3 Å². The van der Waals surface area contributed by atoms with Crippen molar-refractivity contribution in [1.82, 2.24) is 15.0 Å². The van der Waals surface area contributed by atoms with Crippen molar-refractivity contribution in [2.24, 2.45) is 0 Å². The van der Waals surface area contributed by atoms with Crippen molar-refractivity contribution < 1.29 is 4.42 Å². The average molecular weight is 556 g/mol. The summed E-state index contributed by atoms with van der Waals surface area (Å²) < 4.78 is 8.70. The summed E-state index contributed by atoms with van der Waals surface area (Å²) in [6, 6.07) is 43.9. The fourth-order valence-corrected chi connectivity index (χ4v) is 7.21. The zero-order chi connectivity index (χ0) is 27.6. The van der Waals surface area contributed by atoms with Crippen LogP contribution in [0.2, 0.25) is 0 Å². The predicted molar refractivity (Wildman–Crippen MR) is 174 cm³/mol. The molecule has 0 saturated heterocycles. The van der Waals surface area contributed by atoms with Crippen molar-refractivity contribution in [2.75, 3.05) is 0 Å². The molecule has 0 unspecified atom stereocenters. The zero-order valence-corrected chi connectivity index (χ0v) is 23.1. The number of hydrogen-bond acceptors (Lipinski definition) is 5. The molecule has 0 atom stereocenters. The van der Waals surface area contributed by atoms with Crippen molar-refractivity contribution in [3.8, 4) is 34.2 Å². The van der Waals surface area contributed by atoms with E-state index in [2.05, 4.69) is 72.8 Å². The first kappa shape index (κ1) is 23.3. The smallest absolute Gasteiger partial charge is 0.164 e. The fourth-order valence-electron chi connectivity index (χ4n) is 5.95. The van der Waals surface area contributed by atoms with Gasteiger partial charge in [0.1, 0.15) is 11.2 Å². The Hall–Kier alpha value is -5.39. The number of fused-ring (bicyclic) bond motifs is 8. The van der Waals surface area contributed by atoms with Crippen molar-refractivity contribution in [2.45, 2.75) is 0 Å². The lowest BCUT2D eigenvalue weighted by Gasteiger charge is -2.09. The summed E-state index contributed by atoms with van der Waals surface area (Å²) in [6.45, 7) is 0. The number of nitrogens with zero attached hydrogens (tertiary/aromatic N) is 3. The van der Waals surface area contributed by atoms with Gasteiger partial charge < -0.3 is 4.42 Å². The summed E-state index contributed by atoms with van der Waals surface area (Å²) in [6.07, 6.45) is 0. The summed E-state index contributed by atoms with van der Waals surface area (Å²) in [5.41, 5.74) is 4.51. The number of hydrogen-bond donors (Lipinski definition) is 0. The molecule has 42 heavy (non-hydrogen) atoms. The van der Waals surface area contributed by atoms with Crippen LogP contribution in [0.1, 0.15) is 0 Å². The Morgan fingerprint density at radius 2 is 1.19 bits per heavy atom. The number of aromatic nitrogens is 3. The summed E-state index contributed by atoms with van der Waals surface area (Å²) in [5, 5.41) is 7.08. The minimum atomic E-state index is 0.614. The quantitative estimate of drug-likeness (QED) is 0.218. The second-order valence-electron chi connectivity index (χ2n) is 10.4. The SMILES string of the molecule is c1ccc(-c2nc(-c3ccc4c(c3)oc3ccccc34)nc(-c3cccc4sc5c6ccccc6ccc5c34)n2)cc1. The lowest BCUT2D eigenvalue weighted by Crippen LogP contribution is -2.00. The first-order chi connectivity index (χ1) is 20.8. The van der Waals surface area contributed by atoms with Crippen molar-refractivity contribution in [3.63, 3.8) is 0 Å². The molecule has 0 spiro atoms. The molecule has 9 aromatic rings. The van der Waals surface area contributed by atoms with Gasteiger partial charge in [-0.2, -0.15) is 0 Å². The maximum absolute atomic E-state index is 6.21. The molecule has 3 aromatic heterocycles. The van der Waals surface area contributed by atoms with Crippen LogP contribution in [0, 0.1) is 0 Å². The van der Waals surface area contributed by atoms with E-state index in [1.54, 1.807) is 0 Å². The Kier molecular flexibility index (Phi) is 5.03. The van der Waals surface area contributed by atoms with E-state index in [0.717, 1.165) is 38.6 Å². The van der Waals surface area contributed by atoms with E-state index in [-0.39, 0.29) is 0 Å². The molecule has 0 aliphatic heterocycles. The second-order valence-corrected chi connectivity index (χ2v) is 11.5. The lowest BCUT2D eigenvalue weighted by molar-refractivity contribution is 0.669. The van der Waals surface area contributed by atoms with Gasteiger partial charge in [-0.3, -0.25) is 0 Å². The summed E-state index contributed by atoms with van der Waals surface area (Å²) in [4.78, 5) is 15.1. The van der Waals surface area contributed by atoms with E-state index in [4.69, 9.17) is 19.4 Å².